The fraction of sp³-hybridized carbons (Fsp3) is 0.211. The van der Waals surface area contributed by atoms with Gasteiger partial charge in [-0.25, -0.2) is 4.39 Å². The van der Waals surface area contributed by atoms with E-state index in [-0.39, 0.29) is 17.2 Å². The molecule has 158 valence electrons. The van der Waals surface area contributed by atoms with Gasteiger partial charge in [-0.15, -0.1) is 11.8 Å². The van der Waals surface area contributed by atoms with Crippen molar-refractivity contribution in [3.8, 4) is 0 Å². The van der Waals surface area contributed by atoms with Crippen LogP contribution in [0, 0.1) is 5.82 Å². The van der Waals surface area contributed by atoms with E-state index in [1.807, 2.05) is 0 Å². The molecule has 0 radical (unpaired) electrons. The number of nitrogens with two attached hydrogens (primary N) is 1. The minimum atomic E-state index is -1.10. The summed E-state index contributed by atoms with van der Waals surface area (Å²) < 4.78 is 13.7. The summed E-state index contributed by atoms with van der Waals surface area (Å²) in [6.07, 6.45) is -0.928. The molecule has 8 nitrogen and oxygen atoms in total. The molecule has 30 heavy (non-hydrogen) atoms. The molecule has 1 aliphatic rings. The standard InChI is InChI=1S/C19H19ClFN5O3S/c20-10-4-3-5-11(8-10)23-14(27)9-30-19-25-16(22)15(18(29)26-19)24-17(28)12-6-1-2-7-13(12)21/h1-8,15-16,19,25H,9,22H2,(H,23,27)(H,24,28)(H,26,29). The Kier molecular flexibility index (Phi) is 7.27. The average molecular weight is 452 g/mol. The van der Waals surface area contributed by atoms with E-state index in [0.717, 1.165) is 17.8 Å². The Balaban J connectivity index is 1.50. The predicted octanol–water partition coefficient (Wildman–Crippen LogP) is 1.24. The van der Waals surface area contributed by atoms with Gasteiger partial charge in [0.1, 0.15) is 17.4 Å². The first-order chi connectivity index (χ1) is 14.3. The fourth-order valence-electron chi connectivity index (χ4n) is 2.73. The summed E-state index contributed by atoms with van der Waals surface area (Å²) in [5.41, 5.74) is 5.69. The number of thioether (sulfide) groups is 1. The number of carbonyl (C=O) groups excluding carboxylic acids is 3. The van der Waals surface area contributed by atoms with Crippen LogP contribution < -0.4 is 27.0 Å². The lowest BCUT2D eigenvalue weighted by molar-refractivity contribution is -0.125. The van der Waals surface area contributed by atoms with E-state index in [1.54, 1.807) is 24.3 Å². The summed E-state index contributed by atoms with van der Waals surface area (Å²) in [7, 11) is 0. The second-order valence-electron chi connectivity index (χ2n) is 6.38. The van der Waals surface area contributed by atoms with Crippen LogP contribution in [0.1, 0.15) is 10.4 Å². The van der Waals surface area contributed by atoms with Gasteiger partial charge in [-0.05, 0) is 30.3 Å². The van der Waals surface area contributed by atoms with Gasteiger partial charge in [-0.1, -0.05) is 29.8 Å². The molecule has 3 unspecified atom stereocenters. The number of anilines is 1. The third-order valence-electron chi connectivity index (χ3n) is 4.15. The summed E-state index contributed by atoms with van der Waals surface area (Å²) >= 11 is 6.99. The van der Waals surface area contributed by atoms with Gasteiger partial charge in [0.25, 0.3) is 5.91 Å². The molecule has 2 aromatic carbocycles. The first-order valence-corrected chi connectivity index (χ1v) is 10.3. The summed E-state index contributed by atoms with van der Waals surface area (Å²) in [4.78, 5) is 36.7. The van der Waals surface area contributed by atoms with Crippen molar-refractivity contribution in [1.29, 1.82) is 0 Å². The van der Waals surface area contributed by atoms with E-state index >= 15 is 0 Å². The molecule has 0 aliphatic carbocycles. The van der Waals surface area contributed by atoms with E-state index < -0.39 is 35.3 Å². The zero-order valence-electron chi connectivity index (χ0n) is 15.5. The normalized spacial score (nSPS) is 20.9. The van der Waals surface area contributed by atoms with Crippen LogP contribution in [0.3, 0.4) is 0 Å². The molecule has 3 atom stereocenters. The maximum atomic E-state index is 13.7. The van der Waals surface area contributed by atoms with Crippen molar-refractivity contribution < 1.29 is 18.8 Å². The quantitative estimate of drug-likeness (QED) is 0.450. The zero-order valence-corrected chi connectivity index (χ0v) is 17.1. The number of carbonyl (C=O) groups is 3. The Morgan fingerprint density at radius 3 is 2.67 bits per heavy atom. The highest BCUT2D eigenvalue weighted by molar-refractivity contribution is 8.00. The smallest absolute Gasteiger partial charge is 0.254 e. The molecule has 3 rings (SSSR count). The molecule has 0 spiro atoms. The summed E-state index contributed by atoms with van der Waals surface area (Å²) in [5.74, 6) is -2.26. The van der Waals surface area contributed by atoms with Crippen LogP contribution in [0.5, 0.6) is 0 Å². The molecule has 1 aliphatic heterocycles. The van der Waals surface area contributed by atoms with Gasteiger partial charge in [-0.3, -0.25) is 19.7 Å². The zero-order chi connectivity index (χ0) is 21.7. The van der Waals surface area contributed by atoms with Crippen molar-refractivity contribution in [2.45, 2.75) is 17.7 Å². The maximum absolute atomic E-state index is 13.7. The average Bonchev–Trinajstić information content (AvgIpc) is 2.69. The van der Waals surface area contributed by atoms with Gasteiger partial charge in [0, 0.05) is 10.7 Å². The van der Waals surface area contributed by atoms with E-state index in [4.69, 9.17) is 17.3 Å². The van der Waals surface area contributed by atoms with Gasteiger partial charge in [0.05, 0.1) is 17.5 Å². The Morgan fingerprint density at radius 1 is 1.20 bits per heavy atom. The van der Waals surface area contributed by atoms with E-state index in [2.05, 4.69) is 21.3 Å². The van der Waals surface area contributed by atoms with Crippen LogP contribution in [-0.2, 0) is 9.59 Å². The van der Waals surface area contributed by atoms with Crippen molar-refractivity contribution in [3.05, 3.63) is 64.9 Å². The molecule has 2 aromatic rings. The summed E-state index contributed by atoms with van der Waals surface area (Å²) in [5, 5.41) is 11.1. The highest BCUT2D eigenvalue weighted by Gasteiger charge is 2.35. The molecular formula is C19H19ClFN5O3S. The molecule has 1 fully saturated rings. The lowest BCUT2D eigenvalue weighted by Crippen LogP contribution is -2.70. The van der Waals surface area contributed by atoms with E-state index in [9.17, 15) is 18.8 Å². The number of rotatable bonds is 6. The van der Waals surface area contributed by atoms with Crippen molar-refractivity contribution >= 4 is 46.8 Å². The van der Waals surface area contributed by atoms with Crippen LogP contribution >= 0.6 is 23.4 Å². The second kappa shape index (κ2) is 9.90. The number of hydrogen-bond donors (Lipinski definition) is 5. The molecule has 0 saturated carbocycles. The van der Waals surface area contributed by atoms with Crippen LogP contribution in [0.4, 0.5) is 10.1 Å². The van der Waals surface area contributed by atoms with Crippen LogP contribution in [0.2, 0.25) is 5.02 Å². The van der Waals surface area contributed by atoms with Crippen molar-refractivity contribution in [3.63, 3.8) is 0 Å². The lowest BCUT2D eigenvalue weighted by Gasteiger charge is -2.35. The number of nitrogens with one attached hydrogen (secondary N) is 4. The summed E-state index contributed by atoms with van der Waals surface area (Å²) in [6, 6.07) is 11.0. The van der Waals surface area contributed by atoms with Gasteiger partial charge in [0.2, 0.25) is 11.8 Å². The molecule has 1 saturated heterocycles. The van der Waals surface area contributed by atoms with Gasteiger partial charge in [-0.2, -0.15) is 0 Å². The van der Waals surface area contributed by atoms with Crippen LogP contribution in [0.25, 0.3) is 0 Å². The lowest BCUT2D eigenvalue weighted by atomic mass is 10.1. The highest BCUT2D eigenvalue weighted by Crippen LogP contribution is 2.16. The van der Waals surface area contributed by atoms with Crippen molar-refractivity contribution in [2.24, 2.45) is 5.73 Å². The third-order valence-corrected chi connectivity index (χ3v) is 5.40. The number of halogens is 2. The maximum Gasteiger partial charge on any atom is 0.254 e. The number of benzene rings is 2. The third kappa shape index (κ3) is 5.70. The molecule has 11 heteroatoms. The predicted molar refractivity (Wildman–Crippen MR) is 113 cm³/mol. The van der Waals surface area contributed by atoms with E-state index in [0.29, 0.717) is 10.7 Å². The molecule has 6 N–H and O–H groups in total. The van der Waals surface area contributed by atoms with Crippen LogP contribution in [-0.4, -0.2) is 41.2 Å². The topological polar surface area (TPSA) is 125 Å². The second-order valence-corrected chi connectivity index (χ2v) is 7.91. The van der Waals surface area contributed by atoms with Crippen molar-refractivity contribution in [1.82, 2.24) is 16.0 Å². The Labute approximate surface area is 181 Å². The minimum absolute atomic E-state index is 0.0312. The Morgan fingerprint density at radius 2 is 1.97 bits per heavy atom. The SMILES string of the molecule is NC1NC(SCC(=O)Nc2cccc(Cl)c2)NC(=O)C1NC(=O)c1ccccc1F. The first-order valence-electron chi connectivity index (χ1n) is 8.88. The summed E-state index contributed by atoms with van der Waals surface area (Å²) in [6.45, 7) is 0. The van der Waals surface area contributed by atoms with Gasteiger partial charge in [0.15, 0.2) is 0 Å². The van der Waals surface area contributed by atoms with Crippen molar-refractivity contribution in [2.75, 3.05) is 11.1 Å². The molecule has 3 amide bonds. The van der Waals surface area contributed by atoms with Gasteiger partial charge >= 0.3 is 0 Å². The van der Waals surface area contributed by atoms with Gasteiger partial charge < -0.3 is 21.7 Å². The minimum Gasteiger partial charge on any atom is -0.338 e. The Hall–Kier alpha value is -2.66. The Bertz CT molecular complexity index is 963. The number of hydrogen-bond acceptors (Lipinski definition) is 6. The fourth-order valence-corrected chi connectivity index (χ4v) is 3.76. The first kappa shape index (κ1) is 22.0. The van der Waals surface area contributed by atoms with Crippen LogP contribution in [0.15, 0.2) is 48.5 Å². The highest BCUT2D eigenvalue weighted by atomic mass is 35.5. The molecule has 0 bridgehead atoms. The molecular weight excluding hydrogens is 433 g/mol. The largest absolute Gasteiger partial charge is 0.338 e. The molecule has 0 aromatic heterocycles. The molecule has 1 heterocycles. The van der Waals surface area contributed by atoms with E-state index in [1.165, 1.54) is 18.2 Å². The monoisotopic (exact) mass is 451 g/mol. The number of amides is 3.